The summed E-state index contributed by atoms with van der Waals surface area (Å²) in [6, 6.07) is 4.63. The number of hydrogen-bond donors (Lipinski definition) is 0. The van der Waals surface area contributed by atoms with Crippen molar-refractivity contribution in [1.82, 2.24) is 0 Å². The molecule has 1 aliphatic heterocycles. The molecule has 0 unspecified atom stereocenters. The van der Waals surface area contributed by atoms with Gasteiger partial charge in [0.2, 0.25) is 0 Å². The highest BCUT2D eigenvalue weighted by atomic mass is 32.2. The zero-order chi connectivity index (χ0) is 14.8. The molecule has 0 saturated carbocycles. The number of thioether (sulfide) groups is 1. The molecule has 0 amide bonds. The van der Waals surface area contributed by atoms with E-state index in [2.05, 4.69) is 4.74 Å². The first-order valence-corrected chi connectivity index (χ1v) is 7.11. The number of ether oxygens (including phenoxy) is 1. The monoisotopic (exact) mass is 322 g/mol. The first kappa shape index (κ1) is 15.1. The quantitative estimate of drug-likeness (QED) is 0.618. The smallest absolute Gasteiger partial charge is 0.465 e. The molecule has 1 aromatic rings. The number of esters is 1. The lowest BCUT2D eigenvalue weighted by atomic mass is 10.1. The van der Waals surface area contributed by atoms with E-state index in [0.717, 1.165) is 0 Å². The summed E-state index contributed by atoms with van der Waals surface area (Å²) in [6.07, 6.45) is 1.57. The van der Waals surface area contributed by atoms with E-state index in [-0.39, 0.29) is 5.76 Å². The average molecular weight is 322 g/mol. The molecule has 3 nitrogen and oxygen atoms in total. The maximum atomic E-state index is 12.1. The Labute approximate surface area is 121 Å². The van der Waals surface area contributed by atoms with Gasteiger partial charge in [-0.1, -0.05) is 0 Å². The molecule has 0 aliphatic carbocycles. The van der Waals surface area contributed by atoms with Gasteiger partial charge in [0.05, 0.1) is 12.7 Å². The maximum Gasteiger partial charge on any atom is 0.479 e. The van der Waals surface area contributed by atoms with E-state index in [4.69, 9.17) is 4.18 Å². The van der Waals surface area contributed by atoms with Gasteiger partial charge in [0.1, 0.15) is 5.76 Å². The van der Waals surface area contributed by atoms with Crippen molar-refractivity contribution in [2.45, 2.75) is 10.4 Å². The fourth-order valence-corrected chi connectivity index (χ4v) is 2.87. The molecule has 1 aromatic carbocycles. The lowest BCUT2D eigenvalue weighted by Gasteiger charge is -2.18. The van der Waals surface area contributed by atoms with Gasteiger partial charge in [0, 0.05) is 16.2 Å². The van der Waals surface area contributed by atoms with E-state index in [1.165, 1.54) is 24.9 Å². The highest BCUT2D eigenvalue weighted by Gasteiger charge is 2.32. The summed E-state index contributed by atoms with van der Waals surface area (Å²) in [7, 11) is 1.27. The molecule has 1 aliphatic rings. The number of carbonyl (C=O) groups excluding carboxylic acids is 1. The SMILES string of the molecule is COC(=O)c1ccc2c(c1)SCC=C2OSC(F)(F)F. The van der Waals surface area contributed by atoms with Crippen LogP contribution in [0.1, 0.15) is 15.9 Å². The number of alkyl halides is 3. The minimum absolute atomic E-state index is 0.150. The summed E-state index contributed by atoms with van der Waals surface area (Å²) in [5.74, 6) is 0.137. The van der Waals surface area contributed by atoms with Crippen molar-refractivity contribution in [2.24, 2.45) is 0 Å². The minimum atomic E-state index is -4.46. The molecule has 0 radical (unpaired) electrons. The molecule has 2 rings (SSSR count). The van der Waals surface area contributed by atoms with Crippen molar-refractivity contribution in [2.75, 3.05) is 12.9 Å². The van der Waals surface area contributed by atoms with Crippen molar-refractivity contribution in [3.05, 3.63) is 35.4 Å². The van der Waals surface area contributed by atoms with Gasteiger partial charge in [-0.15, -0.1) is 11.8 Å². The fraction of sp³-hybridized carbons (Fsp3) is 0.250. The molecule has 0 atom stereocenters. The van der Waals surface area contributed by atoms with Crippen LogP contribution in [-0.2, 0) is 8.92 Å². The molecular formula is C12H9F3O3S2. The van der Waals surface area contributed by atoms with Crippen molar-refractivity contribution >= 4 is 35.5 Å². The van der Waals surface area contributed by atoms with Crippen LogP contribution in [0.2, 0.25) is 0 Å². The Hall–Kier alpha value is -1.28. The normalized spacial score (nSPS) is 14.3. The van der Waals surface area contributed by atoms with Gasteiger partial charge in [0.25, 0.3) is 0 Å². The third kappa shape index (κ3) is 3.63. The van der Waals surface area contributed by atoms with Crippen LogP contribution in [0, 0.1) is 0 Å². The standard InChI is InChI=1S/C12H9F3O3S2/c1-17-11(16)7-2-3-8-9(18-20-12(13,14)15)4-5-19-10(8)6-7/h2-4,6H,5H2,1H3. The second kappa shape index (κ2) is 6.01. The Bertz CT molecular complexity index is 555. The van der Waals surface area contributed by atoms with E-state index in [9.17, 15) is 18.0 Å². The fourth-order valence-electron chi connectivity index (χ4n) is 1.58. The summed E-state index contributed by atoms with van der Waals surface area (Å²) in [5, 5.41) is 0. The Morgan fingerprint density at radius 1 is 1.40 bits per heavy atom. The number of hydrogen-bond acceptors (Lipinski definition) is 5. The van der Waals surface area contributed by atoms with E-state index in [1.807, 2.05) is 0 Å². The van der Waals surface area contributed by atoms with Crippen LogP contribution >= 0.6 is 23.8 Å². The number of methoxy groups -OCH3 is 1. The summed E-state index contributed by atoms with van der Waals surface area (Å²) in [4.78, 5) is 12.1. The van der Waals surface area contributed by atoms with Gasteiger partial charge in [-0.25, -0.2) is 4.79 Å². The molecule has 20 heavy (non-hydrogen) atoms. The topological polar surface area (TPSA) is 35.5 Å². The van der Waals surface area contributed by atoms with Crippen molar-refractivity contribution in [3.8, 4) is 0 Å². The first-order valence-electron chi connectivity index (χ1n) is 5.39. The van der Waals surface area contributed by atoms with E-state index in [0.29, 0.717) is 21.8 Å². The Balaban J connectivity index is 2.21. The van der Waals surface area contributed by atoms with E-state index in [1.54, 1.807) is 18.2 Å². The predicted molar refractivity (Wildman–Crippen MR) is 71.2 cm³/mol. The molecular weight excluding hydrogens is 313 g/mol. The van der Waals surface area contributed by atoms with Crippen LogP contribution < -0.4 is 0 Å². The van der Waals surface area contributed by atoms with Crippen LogP contribution in [-0.4, -0.2) is 24.3 Å². The third-order valence-electron chi connectivity index (χ3n) is 2.40. The van der Waals surface area contributed by atoms with Crippen LogP contribution in [0.5, 0.6) is 0 Å². The molecule has 108 valence electrons. The van der Waals surface area contributed by atoms with Crippen molar-refractivity contribution in [1.29, 1.82) is 0 Å². The van der Waals surface area contributed by atoms with Crippen molar-refractivity contribution < 1.29 is 26.9 Å². The molecule has 0 fully saturated rings. The lowest BCUT2D eigenvalue weighted by molar-refractivity contribution is -0.0375. The number of halogens is 3. The Morgan fingerprint density at radius 2 is 2.15 bits per heavy atom. The highest BCUT2D eigenvalue weighted by molar-refractivity contribution is 7.99. The average Bonchev–Trinajstić information content (AvgIpc) is 2.42. The summed E-state index contributed by atoms with van der Waals surface area (Å²) >= 11 is 0.863. The lowest BCUT2D eigenvalue weighted by Crippen LogP contribution is -2.05. The molecule has 0 bridgehead atoms. The second-order valence-electron chi connectivity index (χ2n) is 3.69. The van der Waals surface area contributed by atoms with Gasteiger partial charge in [-0.05, 0) is 24.3 Å². The highest BCUT2D eigenvalue weighted by Crippen LogP contribution is 2.40. The summed E-state index contributed by atoms with van der Waals surface area (Å²) in [6.45, 7) is 0. The van der Waals surface area contributed by atoms with Crippen molar-refractivity contribution in [3.63, 3.8) is 0 Å². The van der Waals surface area contributed by atoms with Gasteiger partial charge < -0.3 is 8.92 Å². The molecule has 0 N–H and O–H groups in total. The molecule has 8 heteroatoms. The second-order valence-corrected chi connectivity index (χ2v) is 5.55. The zero-order valence-electron chi connectivity index (χ0n) is 10.2. The minimum Gasteiger partial charge on any atom is -0.465 e. The summed E-state index contributed by atoms with van der Waals surface area (Å²) in [5.41, 5.74) is -3.58. The van der Waals surface area contributed by atoms with Crippen LogP contribution in [0.3, 0.4) is 0 Å². The first-order chi connectivity index (χ1) is 9.40. The van der Waals surface area contributed by atoms with Gasteiger partial charge in [-0.2, -0.15) is 13.2 Å². The largest absolute Gasteiger partial charge is 0.479 e. The molecule has 1 heterocycles. The number of carbonyl (C=O) groups is 1. The molecule has 0 aromatic heterocycles. The number of benzene rings is 1. The predicted octanol–water partition coefficient (Wildman–Crippen LogP) is 4.10. The van der Waals surface area contributed by atoms with Crippen LogP contribution in [0.25, 0.3) is 5.76 Å². The van der Waals surface area contributed by atoms with E-state index >= 15 is 0 Å². The summed E-state index contributed by atoms with van der Waals surface area (Å²) < 4.78 is 45.8. The van der Waals surface area contributed by atoms with E-state index < -0.39 is 23.5 Å². The third-order valence-corrected chi connectivity index (χ3v) is 3.84. The van der Waals surface area contributed by atoms with Crippen LogP contribution in [0.15, 0.2) is 29.2 Å². The zero-order valence-corrected chi connectivity index (χ0v) is 11.8. The van der Waals surface area contributed by atoms with Gasteiger partial charge >= 0.3 is 11.5 Å². The maximum absolute atomic E-state index is 12.1. The number of rotatable bonds is 3. The molecule has 0 saturated heterocycles. The van der Waals surface area contributed by atoms with Crippen LogP contribution in [0.4, 0.5) is 13.2 Å². The number of fused-ring (bicyclic) bond motifs is 1. The Morgan fingerprint density at radius 3 is 2.80 bits per heavy atom. The van der Waals surface area contributed by atoms with Gasteiger partial charge in [0.15, 0.2) is 12.0 Å². The molecule has 0 spiro atoms. The Kier molecular flexibility index (Phi) is 4.54. The van der Waals surface area contributed by atoms with Gasteiger partial charge in [-0.3, -0.25) is 0 Å².